The third-order valence-corrected chi connectivity index (χ3v) is 2.61. The Labute approximate surface area is 130 Å². The minimum absolute atomic E-state index is 0. The first-order valence-electron chi connectivity index (χ1n) is 4.65. The molecule has 1 aromatic rings. The van der Waals surface area contributed by atoms with Crippen LogP contribution in [-0.2, 0) is 17.6 Å². The van der Waals surface area contributed by atoms with Crippen LogP contribution in [0, 0.1) is 0 Å². The van der Waals surface area contributed by atoms with Crippen LogP contribution in [0.4, 0.5) is 0 Å². The summed E-state index contributed by atoms with van der Waals surface area (Å²) in [5.74, 6) is -2.54. The molecule has 0 fully saturated rings. The molecule has 2 rings (SSSR count). The van der Waals surface area contributed by atoms with Gasteiger partial charge in [-0.15, -0.1) is 0 Å². The summed E-state index contributed by atoms with van der Waals surface area (Å²) < 4.78 is 0. The first-order chi connectivity index (χ1) is 6.70. The number of aromatic amines is 1. The van der Waals surface area contributed by atoms with Gasteiger partial charge in [-0.25, -0.2) is 0 Å². The molecule has 1 N–H and O–H groups in total. The number of aromatic nitrogens is 1. The fourth-order valence-electron chi connectivity index (χ4n) is 1.92. The van der Waals surface area contributed by atoms with Gasteiger partial charge in [-0.2, -0.15) is 0 Å². The van der Waals surface area contributed by atoms with Gasteiger partial charge in [0.25, 0.3) is 0 Å². The number of fused-ring (bicyclic) bond motifs is 1. The maximum atomic E-state index is 11.2. The SMILES string of the molecule is O=C([O-])C(=O)c1c[nH]c2c1CCCC2.[K+]. The monoisotopic (exact) mass is 231 g/mol. The van der Waals surface area contributed by atoms with Gasteiger partial charge in [0.15, 0.2) is 0 Å². The average molecular weight is 231 g/mol. The van der Waals surface area contributed by atoms with Crippen molar-refractivity contribution < 1.29 is 66.1 Å². The van der Waals surface area contributed by atoms with E-state index in [9.17, 15) is 14.7 Å². The van der Waals surface area contributed by atoms with Crippen molar-refractivity contribution in [3.05, 3.63) is 23.0 Å². The molecule has 0 radical (unpaired) electrons. The number of carbonyl (C=O) groups excluding carboxylic acids is 2. The third-order valence-electron chi connectivity index (χ3n) is 2.61. The summed E-state index contributed by atoms with van der Waals surface area (Å²) in [5, 5.41) is 10.4. The first-order valence-corrected chi connectivity index (χ1v) is 4.65. The molecule has 0 saturated carbocycles. The Morgan fingerprint density at radius 2 is 1.93 bits per heavy atom. The fraction of sp³-hybridized carbons (Fsp3) is 0.400. The van der Waals surface area contributed by atoms with Gasteiger partial charge in [-0.1, -0.05) is 0 Å². The van der Waals surface area contributed by atoms with Gasteiger partial charge in [0, 0.05) is 17.5 Å². The number of aliphatic carboxylic acids is 1. The van der Waals surface area contributed by atoms with Gasteiger partial charge in [0.2, 0.25) is 5.78 Å². The van der Waals surface area contributed by atoms with Crippen molar-refractivity contribution in [3.63, 3.8) is 0 Å². The number of hydrogen-bond acceptors (Lipinski definition) is 3. The Balaban J connectivity index is 0.00000112. The standard InChI is InChI=1S/C10H11NO3.K/c12-9(10(13)14)7-5-11-8-4-2-1-3-6(7)8;/h5,11H,1-4H2,(H,13,14);/q;+1/p-1. The Hall–Kier alpha value is 0.0564. The van der Waals surface area contributed by atoms with Crippen LogP contribution in [0.3, 0.4) is 0 Å². The molecule has 15 heavy (non-hydrogen) atoms. The molecule has 1 heterocycles. The van der Waals surface area contributed by atoms with Crippen LogP contribution >= 0.6 is 0 Å². The molecule has 74 valence electrons. The zero-order valence-corrected chi connectivity index (χ0v) is 11.8. The van der Waals surface area contributed by atoms with Crippen molar-refractivity contribution >= 4 is 11.8 Å². The number of Topliss-reactive ketones (excluding diaryl/α,β-unsaturated/α-hetero) is 1. The Kier molecular flexibility index (Phi) is 4.73. The molecule has 5 heteroatoms. The quantitative estimate of drug-likeness (QED) is 0.331. The van der Waals surface area contributed by atoms with Crippen LogP contribution in [0.25, 0.3) is 0 Å². The number of aryl methyl sites for hydroxylation is 1. The van der Waals surface area contributed by atoms with E-state index < -0.39 is 11.8 Å². The van der Waals surface area contributed by atoms with Crippen LogP contribution < -0.4 is 56.5 Å². The van der Waals surface area contributed by atoms with Gasteiger partial charge in [0.05, 0.1) is 0 Å². The molecule has 0 amide bonds. The average Bonchev–Trinajstić information content (AvgIpc) is 2.60. The largest absolute Gasteiger partial charge is 1.00 e. The summed E-state index contributed by atoms with van der Waals surface area (Å²) in [7, 11) is 0. The van der Waals surface area contributed by atoms with Crippen molar-refractivity contribution in [2.24, 2.45) is 0 Å². The first kappa shape index (κ1) is 13.1. The molecular weight excluding hydrogens is 221 g/mol. The predicted octanol–water partition coefficient (Wildman–Crippen LogP) is -3.17. The molecule has 0 saturated heterocycles. The summed E-state index contributed by atoms with van der Waals surface area (Å²) in [6.07, 6.45) is 5.27. The van der Waals surface area contributed by atoms with Crippen molar-refractivity contribution in [1.82, 2.24) is 4.98 Å². The number of ketones is 1. The van der Waals surface area contributed by atoms with Crippen LogP contribution in [-0.4, -0.2) is 16.7 Å². The summed E-state index contributed by atoms with van der Waals surface area (Å²) >= 11 is 0. The van der Waals surface area contributed by atoms with Crippen LogP contribution in [0.5, 0.6) is 0 Å². The van der Waals surface area contributed by atoms with Gasteiger partial charge in [0.1, 0.15) is 5.97 Å². The van der Waals surface area contributed by atoms with E-state index in [1.807, 2.05) is 0 Å². The van der Waals surface area contributed by atoms with E-state index in [-0.39, 0.29) is 56.9 Å². The minimum atomic E-state index is -1.63. The second-order valence-electron chi connectivity index (χ2n) is 3.48. The molecule has 0 aromatic carbocycles. The molecule has 0 atom stereocenters. The number of H-pyrrole nitrogens is 1. The Morgan fingerprint density at radius 1 is 1.27 bits per heavy atom. The number of carboxylic acid groups (broad SMARTS) is 1. The van der Waals surface area contributed by atoms with Crippen molar-refractivity contribution in [1.29, 1.82) is 0 Å². The zero-order valence-electron chi connectivity index (χ0n) is 8.63. The maximum absolute atomic E-state index is 11.2. The summed E-state index contributed by atoms with van der Waals surface area (Å²) in [5.41, 5.74) is 2.14. The fourth-order valence-corrected chi connectivity index (χ4v) is 1.92. The predicted molar refractivity (Wildman–Crippen MR) is 46.8 cm³/mol. The second kappa shape index (κ2) is 5.40. The third kappa shape index (κ3) is 2.60. The molecule has 0 bridgehead atoms. The summed E-state index contributed by atoms with van der Waals surface area (Å²) in [6, 6.07) is 0. The van der Waals surface area contributed by atoms with Crippen LogP contribution in [0.1, 0.15) is 34.5 Å². The second-order valence-corrected chi connectivity index (χ2v) is 3.48. The Morgan fingerprint density at radius 3 is 2.60 bits per heavy atom. The normalized spacial score (nSPS) is 13.9. The molecule has 1 aliphatic carbocycles. The van der Waals surface area contributed by atoms with E-state index in [0.29, 0.717) is 0 Å². The number of carbonyl (C=O) groups is 2. The topological polar surface area (TPSA) is 73.0 Å². The van der Waals surface area contributed by atoms with Gasteiger partial charge >= 0.3 is 51.4 Å². The van der Waals surface area contributed by atoms with E-state index in [0.717, 1.165) is 36.9 Å². The smallest absolute Gasteiger partial charge is 0.541 e. The van der Waals surface area contributed by atoms with Crippen molar-refractivity contribution in [2.75, 3.05) is 0 Å². The van der Waals surface area contributed by atoms with E-state index in [1.165, 1.54) is 6.20 Å². The van der Waals surface area contributed by atoms with Gasteiger partial charge in [-0.05, 0) is 31.2 Å². The molecule has 0 unspecified atom stereocenters. The van der Waals surface area contributed by atoms with E-state index in [2.05, 4.69) is 4.98 Å². The zero-order chi connectivity index (χ0) is 10.1. The van der Waals surface area contributed by atoms with Gasteiger partial charge in [-0.3, -0.25) is 4.79 Å². The molecule has 0 spiro atoms. The maximum Gasteiger partial charge on any atom is 1.00 e. The molecule has 4 nitrogen and oxygen atoms in total. The number of hydrogen-bond donors (Lipinski definition) is 1. The van der Waals surface area contributed by atoms with E-state index in [1.54, 1.807) is 0 Å². The van der Waals surface area contributed by atoms with Crippen molar-refractivity contribution in [3.8, 4) is 0 Å². The minimum Gasteiger partial charge on any atom is -0.541 e. The molecular formula is C10H10KNO3. The van der Waals surface area contributed by atoms with Gasteiger partial charge < -0.3 is 14.9 Å². The van der Waals surface area contributed by atoms with E-state index in [4.69, 9.17) is 0 Å². The molecule has 1 aliphatic rings. The van der Waals surface area contributed by atoms with Crippen LogP contribution in [0.15, 0.2) is 6.20 Å². The summed E-state index contributed by atoms with van der Waals surface area (Å²) in [6.45, 7) is 0. The van der Waals surface area contributed by atoms with Crippen LogP contribution in [0.2, 0.25) is 0 Å². The summed E-state index contributed by atoms with van der Waals surface area (Å²) in [4.78, 5) is 24.6. The Bertz CT molecular complexity index is 397. The molecule has 0 aliphatic heterocycles. The molecule has 1 aromatic heterocycles. The van der Waals surface area contributed by atoms with E-state index >= 15 is 0 Å². The number of rotatable bonds is 2. The number of carboxylic acids is 1. The number of nitrogens with one attached hydrogen (secondary N) is 1. The van der Waals surface area contributed by atoms with Crippen molar-refractivity contribution in [2.45, 2.75) is 25.7 Å².